The highest BCUT2D eigenvalue weighted by Crippen LogP contribution is 2.10. The molecule has 0 saturated carbocycles. The lowest BCUT2D eigenvalue weighted by Crippen LogP contribution is -2.54. The van der Waals surface area contributed by atoms with E-state index >= 15 is 0 Å². The molecular weight excluding hydrogens is 234 g/mol. The Labute approximate surface area is 106 Å². The minimum absolute atomic E-state index is 0.0910. The Hall–Kier alpha value is -1.59. The smallest absolute Gasteiger partial charge is 0.243 e. The number of carbonyl (C=O) groups excluding carboxylic acids is 3. The van der Waals surface area contributed by atoms with Crippen LogP contribution >= 0.6 is 0 Å². The molecule has 2 heterocycles. The van der Waals surface area contributed by atoms with Gasteiger partial charge in [-0.2, -0.15) is 0 Å². The van der Waals surface area contributed by atoms with E-state index in [2.05, 4.69) is 16.0 Å². The summed E-state index contributed by atoms with van der Waals surface area (Å²) in [5.74, 6) is -0.459. The Morgan fingerprint density at radius 1 is 1.17 bits per heavy atom. The molecule has 3 amide bonds. The van der Waals surface area contributed by atoms with Gasteiger partial charge in [-0.05, 0) is 32.1 Å². The van der Waals surface area contributed by atoms with Crippen molar-refractivity contribution in [2.24, 2.45) is 0 Å². The third-order valence-electron chi connectivity index (χ3n) is 3.40. The molecule has 2 saturated heterocycles. The third-order valence-corrected chi connectivity index (χ3v) is 3.40. The van der Waals surface area contributed by atoms with Crippen LogP contribution in [0.2, 0.25) is 0 Å². The number of nitrogens with one attached hydrogen (secondary N) is 3. The molecule has 0 radical (unpaired) electrons. The second kappa shape index (κ2) is 5.84. The van der Waals surface area contributed by atoms with Crippen LogP contribution in [0.3, 0.4) is 0 Å². The van der Waals surface area contributed by atoms with Gasteiger partial charge in [0.2, 0.25) is 17.7 Å². The van der Waals surface area contributed by atoms with E-state index in [4.69, 9.17) is 0 Å². The summed E-state index contributed by atoms with van der Waals surface area (Å²) in [6.07, 6.45) is 4.37. The van der Waals surface area contributed by atoms with Crippen LogP contribution < -0.4 is 16.0 Å². The molecule has 0 aromatic carbocycles. The van der Waals surface area contributed by atoms with Crippen LogP contribution in [-0.4, -0.2) is 36.3 Å². The van der Waals surface area contributed by atoms with Gasteiger partial charge in [-0.25, -0.2) is 0 Å². The Kier molecular flexibility index (Phi) is 4.17. The van der Waals surface area contributed by atoms with E-state index in [1.165, 1.54) is 0 Å². The van der Waals surface area contributed by atoms with Crippen molar-refractivity contribution in [3.8, 4) is 0 Å². The van der Waals surface area contributed by atoms with Crippen molar-refractivity contribution in [1.29, 1.82) is 0 Å². The molecule has 18 heavy (non-hydrogen) atoms. The summed E-state index contributed by atoms with van der Waals surface area (Å²) in [7, 11) is 0. The second-order valence-electron chi connectivity index (χ2n) is 4.86. The lowest BCUT2D eigenvalue weighted by atomic mass is 10.0. The molecule has 0 aromatic heterocycles. The zero-order valence-corrected chi connectivity index (χ0v) is 10.3. The maximum atomic E-state index is 12.0. The predicted molar refractivity (Wildman–Crippen MR) is 64.6 cm³/mol. The van der Waals surface area contributed by atoms with E-state index in [9.17, 15) is 14.4 Å². The maximum Gasteiger partial charge on any atom is 0.243 e. The van der Waals surface area contributed by atoms with Gasteiger partial charge in [-0.3, -0.25) is 14.4 Å². The van der Waals surface area contributed by atoms with Crippen LogP contribution in [0, 0.1) is 0 Å². The fourth-order valence-electron chi connectivity index (χ4n) is 2.35. The number of carbonyl (C=O) groups is 3. The van der Waals surface area contributed by atoms with Crippen molar-refractivity contribution in [1.82, 2.24) is 16.0 Å². The van der Waals surface area contributed by atoms with E-state index < -0.39 is 12.1 Å². The van der Waals surface area contributed by atoms with Crippen molar-refractivity contribution in [2.75, 3.05) is 6.54 Å². The molecule has 0 aliphatic carbocycles. The Morgan fingerprint density at radius 3 is 2.78 bits per heavy atom. The number of hydrogen-bond donors (Lipinski definition) is 3. The minimum atomic E-state index is -0.484. The zero-order valence-electron chi connectivity index (χ0n) is 10.3. The average molecular weight is 253 g/mol. The highest BCUT2D eigenvalue weighted by Gasteiger charge is 2.29. The van der Waals surface area contributed by atoms with E-state index in [1.54, 1.807) is 0 Å². The highest BCUT2D eigenvalue weighted by atomic mass is 16.2. The fourth-order valence-corrected chi connectivity index (χ4v) is 2.35. The van der Waals surface area contributed by atoms with E-state index in [0.29, 0.717) is 25.8 Å². The first-order valence-corrected chi connectivity index (χ1v) is 6.54. The summed E-state index contributed by atoms with van der Waals surface area (Å²) < 4.78 is 0. The minimum Gasteiger partial charge on any atom is -0.354 e. The van der Waals surface area contributed by atoms with Gasteiger partial charge in [-0.15, -0.1) is 0 Å². The zero-order chi connectivity index (χ0) is 13.0. The average Bonchev–Trinajstić information content (AvgIpc) is 2.55. The Bertz CT molecular complexity index is 356. The van der Waals surface area contributed by atoms with Crippen LogP contribution in [0.1, 0.15) is 38.5 Å². The van der Waals surface area contributed by atoms with Gasteiger partial charge < -0.3 is 16.0 Å². The van der Waals surface area contributed by atoms with Gasteiger partial charge in [-0.1, -0.05) is 0 Å². The van der Waals surface area contributed by atoms with Crippen LogP contribution in [-0.2, 0) is 14.4 Å². The van der Waals surface area contributed by atoms with Crippen molar-refractivity contribution in [2.45, 2.75) is 50.6 Å². The SMILES string of the molecule is O=C1CCC[C@H](C(=O)NC2CCCCNC2=O)N1. The molecule has 2 rings (SSSR count). The lowest BCUT2D eigenvalue weighted by Gasteiger charge is -2.24. The molecular formula is C12H19N3O3. The first kappa shape index (κ1) is 12.9. The normalized spacial score (nSPS) is 28.9. The molecule has 2 aliphatic heterocycles. The van der Waals surface area contributed by atoms with Crippen LogP contribution in [0.5, 0.6) is 0 Å². The molecule has 100 valence electrons. The number of amides is 3. The van der Waals surface area contributed by atoms with Gasteiger partial charge in [0.25, 0.3) is 0 Å². The third kappa shape index (κ3) is 3.21. The maximum absolute atomic E-state index is 12.0. The number of hydrogen-bond acceptors (Lipinski definition) is 3. The molecule has 0 spiro atoms. The summed E-state index contributed by atoms with van der Waals surface area (Å²) in [6, 6.07) is -0.943. The van der Waals surface area contributed by atoms with Gasteiger partial charge in [0, 0.05) is 13.0 Å². The lowest BCUT2D eigenvalue weighted by molar-refractivity contribution is -0.133. The second-order valence-corrected chi connectivity index (χ2v) is 4.86. The van der Waals surface area contributed by atoms with E-state index in [-0.39, 0.29) is 17.7 Å². The van der Waals surface area contributed by atoms with Crippen LogP contribution in [0.4, 0.5) is 0 Å². The summed E-state index contributed by atoms with van der Waals surface area (Å²) >= 11 is 0. The van der Waals surface area contributed by atoms with Crippen molar-refractivity contribution in [3.05, 3.63) is 0 Å². The van der Waals surface area contributed by atoms with Crippen molar-refractivity contribution < 1.29 is 14.4 Å². The highest BCUT2D eigenvalue weighted by molar-refractivity contribution is 5.92. The van der Waals surface area contributed by atoms with Gasteiger partial charge >= 0.3 is 0 Å². The molecule has 6 nitrogen and oxygen atoms in total. The molecule has 6 heteroatoms. The largest absolute Gasteiger partial charge is 0.354 e. The fraction of sp³-hybridized carbons (Fsp3) is 0.750. The van der Waals surface area contributed by atoms with Crippen LogP contribution in [0.15, 0.2) is 0 Å². The Morgan fingerprint density at radius 2 is 2.00 bits per heavy atom. The molecule has 0 aromatic rings. The van der Waals surface area contributed by atoms with Gasteiger partial charge in [0.15, 0.2) is 0 Å². The quantitative estimate of drug-likeness (QED) is 0.616. The molecule has 3 N–H and O–H groups in total. The molecule has 0 bridgehead atoms. The molecule has 2 aliphatic rings. The van der Waals surface area contributed by atoms with E-state index in [0.717, 1.165) is 19.3 Å². The summed E-state index contributed by atoms with van der Waals surface area (Å²) in [5.41, 5.74) is 0. The summed E-state index contributed by atoms with van der Waals surface area (Å²) in [4.78, 5) is 34.9. The summed E-state index contributed by atoms with van der Waals surface area (Å²) in [6.45, 7) is 0.672. The molecule has 2 atom stereocenters. The Balaban J connectivity index is 1.89. The topological polar surface area (TPSA) is 87.3 Å². The first-order chi connectivity index (χ1) is 8.66. The van der Waals surface area contributed by atoms with Crippen LogP contribution in [0.25, 0.3) is 0 Å². The molecule has 2 fully saturated rings. The van der Waals surface area contributed by atoms with Crippen molar-refractivity contribution >= 4 is 17.7 Å². The predicted octanol–water partition coefficient (Wildman–Crippen LogP) is -0.560. The first-order valence-electron chi connectivity index (χ1n) is 6.54. The standard InChI is InChI=1S/C12H19N3O3/c16-10-6-3-5-9(14-10)12(18)15-8-4-1-2-7-13-11(8)17/h8-9H,1-7H2,(H,13,17)(H,14,16)(H,15,18)/t8?,9-/m1/s1. The van der Waals surface area contributed by atoms with Gasteiger partial charge in [0.1, 0.15) is 12.1 Å². The number of piperidine rings is 1. The number of rotatable bonds is 2. The monoisotopic (exact) mass is 253 g/mol. The van der Waals surface area contributed by atoms with Gasteiger partial charge in [0.05, 0.1) is 0 Å². The summed E-state index contributed by atoms with van der Waals surface area (Å²) in [5, 5.41) is 8.16. The van der Waals surface area contributed by atoms with E-state index in [1.807, 2.05) is 0 Å². The van der Waals surface area contributed by atoms with Crippen molar-refractivity contribution in [3.63, 3.8) is 0 Å². The molecule has 1 unspecified atom stereocenters.